The van der Waals surface area contributed by atoms with Gasteiger partial charge in [-0.15, -0.1) is 0 Å². The molecule has 0 unspecified atom stereocenters. The van der Waals surface area contributed by atoms with E-state index in [1.807, 2.05) is 74.5 Å². The third-order valence-corrected chi connectivity index (χ3v) is 16.6. The summed E-state index contributed by atoms with van der Waals surface area (Å²) >= 11 is 0. The van der Waals surface area contributed by atoms with Crippen LogP contribution in [0.25, 0.3) is 21.7 Å². The van der Waals surface area contributed by atoms with Crippen molar-refractivity contribution in [3.8, 4) is 11.5 Å². The third-order valence-electron chi connectivity index (χ3n) is 16.6. The van der Waals surface area contributed by atoms with Crippen molar-refractivity contribution >= 4 is 80.7 Å². The molecule has 2 aromatic heterocycles. The average Bonchev–Trinajstić information content (AvgIpc) is 1.52. The highest BCUT2D eigenvalue weighted by atomic mass is 16.3. The van der Waals surface area contributed by atoms with Crippen molar-refractivity contribution in [3.63, 3.8) is 0 Å². The predicted molar refractivity (Wildman–Crippen MR) is 359 cm³/mol. The number of para-hydroxylation sites is 1. The first-order chi connectivity index (χ1) is 46.2. The Labute approximate surface area is 554 Å². The second-order valence-electron chi connectivity index (χ2n) is 24.3. The van der Waals surface area contributed by atoms with Crippen molar-refractivity contribution in [2.45, 2.75) is 133 Å². The number of rotatable bonds is 34. The van der Waals surface area contributed by atoms with Crippen LogP contribution in [-0.4, -0.2) is 169 Å². The van der Waals surface area contributed by atoms with Crippen molar-refractivity contribution < 1.29 is 58.5 Å². The Hall–Kier alpha value is -10.7. The molecule has 7 aromatic rings. The molecule has 27 heteroatoms. The summed E-state index contributed by atoms with van der Waals surface area (Å²) < 4.78 is 0. The molecule has 0 spiro atoms. The Morgan fingerprint density at radius 1 is 0.615 bits per heavy atom. The summed E-state index contributed by atoms with van der Waals surface area (Å²) in [6.07, 6.45) is 5.10. The van der Waals surface area contributed by atoms with Crippen LogP contribution in [0.2, 0.25) is 0 Å². The molecule has 96 heavy (non-hydrogen) atoms. The lowest BCUT2D eigenvalue weighted by Gasteiger charge is -2.30. The number of benzene rings is 5. The number of nitrogens with two attached hydrogens (primary N) is 3. The van der Waals surface area contributed by atoms with Gasteiger partial charge in [-0.05, 0) is 108 Å². The smallest absolute Gasteiger partial charge is 0.245 e. The van der Waals surface area contributed by atoms with E-state index in [0.717, 1.165) is 21.7 Å². The molecule has 8 amide bonds. The standard InChI is InChI=1S/C69H85N15O12/c1-40(2)30-53(62(90)78-52(16-8-28-74-69(71)72)68(96)84-29-9-17-59(84)60(88)26-27-70)79-63(91)54(31-41-18-22-47(86)23-19-41)80-64(92)55(32-42-20-24-48(87)25-21-42)81-67(95)58(38-85)83-65(93)56(33-45-36-75-51-15-6-5-14-50(45)51)82-66(94)57(35-46-37-73-39-76-46)77-61(89)34-44-12-7-11-43-10-3-4-13-49(43)44/h3-7,10-15,18-25,36-37,39-40,52-59,75,85-87H,8-9,16-17,26-35,38,70H2,1-2H3,(H,73,76)(H,77,89)(H,78,90)(H,79,91)(H,80,92)(H,81,95)(H,82,94)(H,83,93)(H4,71,72,74)/t52-,53-,54+,55-,56+,57+,58-,59-/m0/s1. The highest BCUT2D eigenvalue weighted by molar-refractivity contribution is 5.99. The quantitative estimate of drug-likeness (QED) is 0.0154. The van der Waals surface area contributed by atoms with Gasteiger partial charge in [0.25, 0.3) is 0 Å². The number of likely N-dealkylation sites (tertiary alicyclic amines) is 1. The van der Waals surface area contributed by atoms with E-state index in [1.165, 1.54) is 66.0 Å². The molecule has 1 fully saturated rings. The summed E-state index contributed by atoms with van der Waals surface area (Å²) in [5, 5.41) is 53.0. The normalized spacial score (nSPS) is 15.1. The number of carbonyl (C=O) groups excluding carboxylic acids is 9. The largest absolute Gasteiger partial charge is 0.508 e. The summed E-state index contributed by atoms with van der Waals surface area (Å²) in [4.78, 5) is 146. The third kappa shape index (κ3) is 20.2. The number of amides is 8. The van der Waals surface area contributed by atoms with E-state index in [2.05, 4.69) is 57.2 Å². The lowest BCUT2D eigenvalue weighted by molar-refractivity contribution is -0.141. The highest BCUT2D eigenvalue weighted by Crippen LogP contribution is 2.24. The zero-order chi connectivity index (χ0) is 68.8. The van der Waals surface area contributed by atoms with Gasteiger partial charge in [0, 0.05) is 74.2 Å². The number of hydrogen-bond donors (Lipinski definition) is 15. The summed E-state index contributed by atoms with van der Waals surface area (Å²) in [5.74, 6) is -7.16. The molecule has 1 aliphatic heterocycles. The van der Waals surface area contributed by atoms with E-state index in [0.29, 0.717) is 40.8 Å². The monoisotopic (exact) mass is 1320 g/mol. The lowest BCUT2D eigenvalue weighted by atomic mass is 9.99. The van der Waals surface area contributed by atoms with Crippen molar-refractivity contribution in [1.29, 1.82) is 0 Å². The number of aromatic amines is 2. The van der Waals surface area contributed by atoms with Crippen LogP contribution >= 0.6 is 0 Å². The number of phenolic OH excluding ortho intramolecular Hbond substituents is 2. The molecule has 5 aromatic carbocycles. The number of aromatic hydroxyl groups is 2. The maximum Gasteiger partial charge on any atom is 0.245 e. The van der Waals surface area contributed by atoms with Gasteiger partial charge in [0.15, 0.2) is 11.7 Å². The first-order valence-electron chi connectivity index (χ1n) is 32.0. The Morgan fingerprint density at radius 2 is 1.16 bits per heavy atom. The fourth-order valence-electron chi connectivity index (χ4n) is 11.7. The fourth-order valence-corrected chi connectivity index (χ4v) is 11.7. The molecule has 8 rings (SSSR count). The molecule has 508 valence electrons. The molecule has 1 saturated heterocycles. The molecule has 0 bridgehead atoms. The van der Waals surface area contributed by atoms with Gasteiger partial charge in [0.05, 0.1) is 25.4 Å². The van der Waals surface area contributed by atoms with Gasteiger partial charge in [0.1, 0.15) is 53.8 Å². The van der Waals surface area contributed by atoms with E-state index in [1.54, 1.807) is 12.3 Å². The number of nitrogens with one attached hydrogen (secondary N) is 9. The van der Waals surface area contributed by atoms with Crippen LogP contribution in [0.3, 0.4) is 0 Å². The Bertz CT molecular complexity index is 3850. The van der Waals surface area contributed by atoms with E-state index in [4.69, 9.17) is 17.2 Å². The topological polar surface area (TPSA) is 437 Å². The number of nitrogens with zero attached hydrogens (tertiary/aromatic N) is 3. The van der Waals surface area contributed by atoms with Crippen LogP contribution in [0.4, 0.5) is 0 Å². The number of imidazole rings is 1. The van der Waals surface area contributed by atoms with Gasteiger partial charge in [-0.1, -0.05) is 98.8 Å². The van der Waals surface area contributed by atoms with Gasteiger partial charge in [-0.3, -0.25) is 48.1 Å². The van der Waals surface area contributed by atoms with Gasteiger partial charge >= 0.3 is 0 Å². The van der Waals surface area contributed by atoms with E-state index in [-0.39, 0.29) is 107 Å². The first-order valence-corrected chi connectivity index (χ1v) is 32.0. The van der Waals surface area contributed by atoms with Crippen LogP contribution in [0, 0.1) is 5.92 Å². The maximum absolute atomic E-state index is 15.0. The van der Waals surface area contributed by atoms with Gasteiger partial charge in [-0.2, -0.15) is 0 Å². The minimum atomic E-state index is -1.78. The van der Waals surface area contributed by atoms with Gasteiger partial charge in [0.2, 0.25) is 47.3 Å². The number of Topliss-reactive ketones (excluding diaryl/α,β-unsaturated/α-hetero) is 1. The number of aromatic nitrogens is 3. The number of ketones is 1. The van der Waals surface area contributed by atoms with E-state index < -0.39 is 102 Å². The fraction of sp³-hybridized carbons (Fsp3) is 0.377. The first kappa shape index (κ1) is 71.2. The number of aliphatic hydroxyl groups excluding tert-OH is 1. The van der Waals surface area contributed by atoms with E-state index >= 15 is 0 Å². The molecule has 27 nitrogen and oxygen atoms in total. The van der Waals surface area contributed by atoms with E-state index in [9.17, 15) is 58.5 Å². The molecule has 0 aliphatic carbocycles. The Kier molecular flexibility index (Phi) is 25.6. The zero-order valence-corrected chi connectivity index (χ0v) is 53.6. The molecular formula is C69H85N15O12. The molecular weight excluding hydrogens is 1230 g/mol. The minimum Gasteiger partial charge on any atom is -0.508 e. The highest BCUT2D eigenvalue weighted by Gasteiger charge is 2.39. The van der Waals surface area contributed by atoms with Crippen molar-refractivity contribution in [3.05, 3.63) is 162 Å². The SMILES string of the molecule is CC(C)C[C@H](NC(=O)[C@@H](Cc1ccc(O)cc1)NC(=O)[C@H](Cc1ccc(O)cc1)NC(=O)[C@H](CO)NC(=O)[C@@H](Cc1c[nH]c2ccccc12)NC(=O)[C@@H](Cc1cnc[nH]1)NC(=O)Cc1cccc2ccccc12)C(=O)N[C@@H](CCCN=C(N)N)C(=O)N1CCC[C@H]1C(=O)CCN. The summed E-state index contributed by atoms with van der Waals surface area (Å²) in [6, 6.07) is 21.0. The summed E-state index contributed by atoms with van der Waals surface area (Å²) in [5.41, 5.74) is 20.2. The number of guanidine groups is 1. The Balaban J connectivity index is 1.04. The number of phenols is 2. The molecule has 8 atom stereocenters. The number of aliphatic imine (C=N–C) groups is 1. The van der Waals surface area contributed by atoms with Crippen LogP contribution in [0.5, 0.6) is 11.5 Å². The molecule has 0 radical (unpaired) electrons. The number of carbonyl (C=O) groups is 9. The number of H-pyrrole nitrogens is 2. The predicted octanol–water partition coefficient (Wildman–Crippen LogP) is 1.36. The van der Waals surface area contributed by atoms with Gasteiger partial charge < -0.3 is 84.6 Å². The van der Waals surface area contributed by atoms with Crippen LogP contribution in [-0.2, 0) is 75.3 Å². The van der Waals surface area contributed by atoms with Crippen molar-refractivity contribution in [2.24, 2.45) is 28.1 Å². The molecule has 18 N–H and O–H groups in total. The summed E-state index contributed by atoms with van der Waals surface area (Å²) in [6.45, 7) is 3.07. The maximum atomic E-state index is 15.0. The number of aliphatic hydroxyl groups is 1. The summed E-state index contributed by atoms with van der Waals surface area (Å²) in [7, 11) is 0. The lowest BCUT2D eigenvalue weighted by Crippen LogP contribution is -2.61. The van der Waals surface area contributed by atoms with Crippen LogP contribution < -0.4 is 54.4 Å². The number of fused-ring (bicyclic) bond motifs is 2. The molecule has 0 saturated carbocycles. The van der Waals surface area contributed by atoms with Crippen LogP contribution in [0.1, 0.15) is 80.3 Å². The average molecular weight is 1320 g/mol. The second kappa shape index (κ2) is 34.5. The second-order valence-corrected chi connectivity index (χ2v) is 24.3. The minimum absolute atomic E-state index is 0.0444. The van der Waals surface area contributed by atoms with Gasteiger partial charge in [-0.25, -0.2) is 4.98 Å². The van der Waals surface area contributed by atoms with Crippen molar-refractivity contribution in [2.75, 3.05) is 26.2 Å². The zero-order valence-electron chi connectivity index (χ0n) is 53.6. The molecule has 3 heterocycles. The number of hydrogen-bond acceptors (Lipinski definition) is 15. The van der Waals surface area contributed by atoms with Crippen molar-refractivity contribution in [1.82, 2.24) is 57.1 Å². The molecule has 1 aliphatic rings. The van der Waals surface area contributed by atoms with Crippen LogP contribution in [0.15, 0.2) is 139 Å². The Morgan fingerprint density at radius 3 is 1.75 bits per heavy atom.